The van der Waals surface area contributed by atoms with Gasteiger partial charge in [0.25, 0.3) is 5.91 Å². The van der Waals surface area contributed by atoms with Crippen molar-refractivity contribution in [1.29, 1.82) is 0 Å². The number of ether oxygens (including phenoxy) is 1. The summed E-state index contributed by atoms with van der Waals surface area (Å²) in [5.41, 5.74) is 7.03. The molecule has 1 saturated heterocycles. The molecule has 0 unspecified atom stereocenters. The highest BCUT2D eigenvalue weighted by Gasteiger charge is 2.26. The number of rotatable bonds is 7. The van der Waals surface area contributed by atoms with Crippen LogP contribution < -0.4 is 11.1 Å². The van der Waals surface area contributed by atoms with Gasteiger partial charge in [-0.15, -0.1) is 11.3 Å². The summed E-state index contributed by atoms with van der Waals surface area (Å²) in [6.45, 7) is 5.55. The van der Waals surface area contributed by atoms with Crippen LogP contribution in [-0.4, -0.2) is 67.4 Å². The van der Waals surface area contributed by atoms with Gasteiger partial charge in [0, 0.05) is 32.7 Å². The Hall–Kier alpha value is -2.17. The van der Waals surface area contributed by atoms with Gasteiger partial charge in [0.1, 0.15) is 5.00 Å². The number of halogens is 2. The third-order valence-electron chi connectivity index (χ3n) is 5.24. The van der Waals surface area contributed by atoms with Crippen molar-refractivity contribution in [3.8, 4) is 0 Å². The Morgan fingerprint density at radius 2 is 1.78 bits per heavy atom. The van der Waals surface area contributed by atoms with Gasteiger partial charge in [-0.25, -0.2) is 4.79 Å². The molecule has 3 N–H and O–H groups in total. The Bertz CT molecular complexity index is 1040. The SMILES string of the molecule is COC(=O)c1c(NC(=O)CN2CCN(Cc3ccc(Cl)c(Cl)c3)CC2)sc(C(N)=O)c1C. The lowest BCUT2D eigenvalue weighted by Crippen LogP contribution is -2.48. The summed E-state index contributed by atoms with van der Waals surface area (Å²) < 4.78 is 4.79. The first-order valence-electron chi connectivity index (χ1n) is 9.89. The number of nitrogens with zero attached hydrogens (tertiary/aromatic N) is 2. The molecule has 0 radical (unpaired) electrons. The molecule has 0 atom stereocenters. The summed E-state index contributed by atoms with van der Waals surface area (Å²) in [7, 11) is 1.24. The van der Waals surface area contributed by atoms with Gasteiger partial charge >= 0.3 is 5.97 Å². The average molecular weight is 499 g/mol. The molecule has 1 fully saturated rings. The minimum atomic E-state index is -0.656. The summed E-state index contributed by atoms with van der Waals surface area (Å²) in [4.78, 5) is 40.9. The lowest BCUT2D eigenvalue weighted by Gasteiger charge is -2.34. The van der Waals surface area contributed by atoms with Gasteiger partial charge in [0.2, 0.25) is 5.91 Å². The maximum atomic E-state index is 12.6. The van der Waals surface area contributed by atoms with Crippen molar-refractivity contribution in [3.63, 3.8) is 0 Å². The van der Waals surface area contributed by atoms with E-state index in [0.29, 0.717) is 28.7 Å². The summed E-state index contributed by atoms with van der Waals surface area (Å²) in [6.07, 6.45) is 0. The molecule has 1 aliphatic rings. The van der Waals surface area contributed by atoms with Crippen LogP contribution in [0.2, 0.25) is 10.0 Å². The number of nitrogens with two attached hydrogens (primary N) is 1. The van der Waals surface area contributed by atoms with Crippen molar-refractivity contribution in [2.24, 2.45) is 5.73 Å². The highest BCUT2D eigenvalue weighted by atomic mass is 35.5. The first-order chi connectivity index (χ1) is 15.2. The van der Waals surface area contributed by atoms with Crippen molar-refractivity contribution in [2.75, 3.05) is 45.2 Å². The van der Waals surface area contributed by atoms with Crippen LogP contribution in [0.25, 0.3) is 0 Å². The molecule has 0 aliphatic carbocycles. The summed E-state index contributed by atoms with van der Waals surface area (Å²) in [5.74, 6) is -1.56. The van der Waals surface area contributed by atoms with E-state index >= 15 is 0 Å². The highest BCUT2D eigenvalue weighted by Crippen LogP contribution is 2.33. The number of nitrogens with one attached hydrogen (secondary N) is 1. The molecule has 0 spiro atoms. The van der Waals surface area contributed by atoms with Gasteiger partial charge < -0.3 is 15.8 Å². The number of carbonyl (C=O) groups excluding carboxylic acids is 3. The molecule has 172 valence electrons. The van der Waals surface area contributed by atoms with E-state index in [-0.39, 0.29) is 27.9 Å². The fraction of sp³-hybridized carbons (Fsp3) is 0.381. The fourth-order valence-electron chi connectivity index (χ4n) is 3.56. The van der Waals surface area contributed by atoms with Crippen LogP contribution in [-0.2, 0) is 16.1 Å². The Labute approximate surface area is 200 Å². The zero-order chi connectivity index (χ0) is 23.4. The molecule has 1 aromatic carbocycles. The van der Waals surface area contributed by atoms with E-state index in [9.17, 15) is 14.4 Å². The fourth-order valence-corrected chi connectivity index (χ4v) is 4.94. The summed E-state index contributed by atoms with van der Waals surface area (Å²) >= 11 is 13.0. The second-order valence-corrected chi connectivity index (χ2v) is 9.30. The number of hydrogen-bond acceptors (Lipinski definition) is 7. The first-order valence-corrected chi connectivity index (χ1v) is 11.5. The molecule has 0 bridgehead atoms. The van der Waals surface area contributed by atoms with Gasteiger partial charge in [-0.3, -0.25) is 19.4 Å². The van der Waals surface area contributed by atoms with E-state index in [1.807, 2.05) is 17.0 Å². The summed E-state index contributed by atoms with van der Waals surface area (Å²) in [5, 5.41) is 4.08. The number of methoxy groups -OCH3 is 1. The lowest BCUT2D eigenvalue weighted by molar-refractivity contribution is -0.117. The Morgan fingerprint density at radius 3 is 2.38 bits per heavy atom. The molecule has 3 rings (SSSR count). The van der Waals surface area contributed by atoms with Crippen molar-refractivity contribution in [2.45, 2.75) is 13.5 Å². The smallest absolute Gasteiger partial charge is 0.341 e. The monoisotopic (exact) mass is 498 g/mol. The number of carbonyl (C=O) groups is 3. The van der Waals surface area contributed by atoms with Crippen LogP contribution in [0.15, 0.2) is 18.2 Å². The zero-order valence-electron chi connectivity index (χ0n) is 17.7. The molecule has 2 aromatic rings. The van der Waals surface area contributed by atoms with E-state index in [0.717, 1.165) is 36.5 Å². The molecule has 1 aliphatic heterocycles. The predicted molar refractivity (Wildman–Crippen MR) is 126 cm³/mol. The van der Waals surface area contributed by atoms with E-state index in [1.165, 1.54) is 7.11 Å². The zero-order valence-corrected chi connectivity index (χ0v) is 20.1. The van der Waals surface area contributed by atoms with Gasteiger partial charge in [-0.2, -0.15) is 0 Å². The normalized spacial score (nSPS) is 14.9. The molecule has 1 aromatic heterocycles. The number of thiophene rings is 1. The lowest BCUT2D eigenvalue weighted by atomic mass is 10.1. The van der Waals surface area contributed by atoms with E-state index in [4.69, 9.17) is 33.7 Å². The van der Waals surface area contributed by atoms with E-state index in [2.05, 4.69) is 10.2 Å². The van der Waals surface area contributed by atoms with Crippen LogP contribution in [0, 0.1) is 6.92 Å². The van der Waals surface area contributed by atoms with Crippen LogP contribution in [0.5, 0.6) is 0 Å². The molecule has 2 heterocycles. The molecule has 0 saturated carbocycles. The minimum absolute atomic E-state index is 0.158. The second-order valence-electron chi connectivity index (χ2n) is 7.47. The second kappa shape index (κ2) is 10.6. The van der Waals surface area contributed by atoms with Crippen molar-refractivity contribution < 1.29 is 19.1 Å². The van der Waals surface area contributed by atoms with Gasteiger partial charge in [-0.05, 0) is 30.2 Å². The number of anilines is 1. The van der Waals surface area contributed by atoms with E-state index in [1.54, 1.807) is 13.0 Å². The first kappa shape index (κ1) is 24.5. The third kappa shape index (κ3) is 5.79. The van der Waals surface area contributed by atoms with Crippen molar-refractivity contribution >= 4 is 57.3 Å². The van der Waals surface area contributed by atoms with Gasteiger partial charge in [0.15, 0.2) is 0 Å². The number of benzene rings is 1. The van der Waals surface area contributed by atoms with Crippen LogP contribution in [0.3, 0.4) is 0 Å². The molecular weight excluding hydrogens is 475 g/mol. The number of amides is 2. The molecule has 8 nitrogen and oxygen atoms in total. The maximum Gasteiger partial charge on any atom is 0.341 e. The highest BCUT2D eigenvalue weighted by molar-refractivity contribution is 7.18. The topological polar surface area (TPSA) is 105 Å². The molecule has 11 heteroatoms. The van der Waals surface area contributed by atoms with Crippen LogP contribution >= 0.6 is 34.5 Å². The number of hydrogen-bond donors (Lipinski definition) is 2. The number of piperazine rings is 1. The van der Waals surface area contributed by atoms with Crippen LogP contribution in [0.1, 0.15) is 31.2 Å². The van der Waals surface area contributed by atoms with Gasteiger partial charge in [0.05, 0.1) is 34.1 Å². The van der Waals surface area contributed by atoms with Gasteiger partial charge in [-0.1, -0.05) is 29.3 Å². The molecule has 2 amide bonds. The Kier molecular flexibility index (Phi) is 8.13. The third-order valence-corrected chi connectivity index (χ3v) is 7.20. The quantitative estimate of drug-likeness (QED) is 0.568. The average Bonchev–Trinajstić information content (AvgIpc) is 3.07. The largest absolute Gasteiger partial charge is 0.465 e. The van der Waals surface area contributed by atoms with Crippen molar-refractivity contribution in [3.05, 3.63) is 49.8 Å². The number of esters is 1. The molecule has 32 heavy (non-hydrogen) atoms. The Balaban J connectivity index is 1.56. The Morgan fingerprint density at radius 1 is 1.12 bits per heavy atom. The minimum Gasteiger partial charge on any atom is -0.465 e. The maximum absolute atomic E-state index is 12.6. The van der Waals surface area contributed by atoms with Crippen molar-refractivity contribution in [1.82, 2.24) is 9.80 Å². The molecular formula is C21H24Cl2N4O4S. The summed E-state index contributed by atoms with van der Waals surface area (Å²) in [6, 6.07) is 5.61. The standard InChI is InChI=1S/C21H24Cl2N4O4S/c1-12-17(21(30)31-2)20(32-18(12)19(24)29)25-16(28)11-27-7-5-26(6-8-27)10-13-3-4-14(22)15(23)9-13/h3-4,9H,5-8,10-11H2,1-2H3,(H2,24,29)(H,25,28). The predicted octanol–water partition coefficient (Wildman–Crippen LogP) is 3.01. The van der Waals surface area contributed by atoms with E-state index < -0.39 is 11.9 Å². The van der Waals surface area contributed by atoms with Crippen LogP contribution in [0.4, 0.5) is 5.00 Å². The number of primary amides is 1.